The molecule has 1 aromatic carbocycles. The summed E-state index contributed by atoms with van der Waals surface area (Å²) in [6.45, 7) is 1.50. The van der Waals surface area contributed by atoms with Crippen molar-refractivity contribution < 1.29 is 28.7 Å². The molecule has 160 valence electrons. The van der Waals surface area contributed by atoms with Gasteiger partial charge in [-0.1, -0.05) is 18.2 Å². The van der Waals surface area contributed by atoms with Gasteiger partial charge in [0.05, 0.1) is 18.8 Å². The molecule has 0 saturated carbocycles. The quantitative estimate of drug-likeness (QED) is 0.369. The molecule has 8 heteroatoms. The van der Waals surface area contributed by atoms with E-state index in [1.54, 1.807) is 25.3 Å². The van der Waals surface area contributed by atoms with E-state index in [0.717, 1.165) is 0 Å². The summed E-state index contributed by atoms with van der Waals surface area (Å²) in [6.07, 6.45) is 2.92. The summed E-state index contributed by atoms with van der Waals surface area (Å²) in [6, 6.07) is 4.29. The van der Waals surface area contributed by atoms with Crippen LogP contribution in [-0.4, -0.2) is 76.4 Å². The number of carbonyl (C=O) groups excluding carboxylic acids is 4. The van der Waals surface area contributed by atoms with Gasteiger partial charge in [0.1, 0.15) is 12.3 Å². The summed E-state index contributed by atoms with van der Waals surface area (Å²) in [7, 11) is 4.58. The number of ether oxygens (including phenoxy) is 2. The molecule has 0 saturated heterocycles. The van der Waals surface area contributed by atoms with E-state index in [0.29, 0.717) is 50.8 Å². The summed E-state index contributed by atoms with van der Waals surface area (Å²) in [4.78, 5) is 49.0. The Kier molecular flexibility index (Phi) is 11.4. The Morgan fingerprint density at radius 2 is 1.97 bits per heavy atom. The molecule has 8 nitrogen and oxygen atoms in total. The second-order valence-corrected chi connectivity index (χ2v) is 6.50. The molecule has 0 fully saturated rings. The second-order valence-electron chi connectivity index (χ2n) is 6.50. The fraction of sp³-hybridized carbons (Fsp3) is 0.524. The molecule has 0 radical (unpaired) electrons. The first-order valence-corrected chi connectivity index (χ1v) is 9.57. The summed E-state index contributed by atoms with van der Waals surface area (Å²) < 4.78 is 10.4. The number of nitrogens with zero attached hydrogens (tertiary/aromatic N) is 1. The van der Waals surface area contributed by atoms with Crippen LogP contribution in [0.25, 0.3) is 0 Å². The van der Waals surface area contributed by atoms with Crippen LogP contribution in [0.5, 0.6) is 0 Å². The predicted molar refractivity (Wildman–Crippen MR) is 108 cm³/mol. The molecule has 0 aliphatic heterocycles. The minimum Gasteiger partial charge on any atom is -0.382 e. The first kappa shape index (κ1) is 24.5. The van der Waals surface area contributed by atoms with Crippen LogP contribution in [0.3, 0.4) is 0 Å². The van der Waals surface area contributed by atoms with Crippen LogP contribution in [0, 0.1) is 0 Å². The maximum atomic E-state index is 13.2. The average Bonchev–Trinajstić information content (AvgIpc) is 2.75. The largest absolute Gasteiger partial charge is 0.382 e. The van der Waals surface area contributed by atoms with Crippen LogP contribution >= 0.6 is 0 Å². The van der Waals surface area contributed by atoms with E-state index in [1.165, 1.54) is 19.0 Å². The number of likely N-dealkylation sites (N-methyl/N-ethyl adjacent to an activating group) is 2. The van der Waals surface area contributed by atoms with E-state index >= 15 is 0 Å². The Balaban J connectivity index is 3.03. The second kappa shape index (κ2) is 13.6. The number of hydrogen-bond acceptors (Lipinski definition) is 6. The van der Waals surface area contributed by atoms with Gasteiger partial charge in [-0.3, -0.25) is 14.4 Å². The number of hydrogen-bond donors (Lipinski definition) is 1. The maximum absolute atomic E-state index is 13.2. The van der Waals surface area contributed by atoms with E-state index in [9.17, 15) is 19.2 Å². The molecule has 0 aliphatic rings. The number of aldehydes is 2. The lowest BCUT2D eigenvalue weighted by molar-refractivity contribution is -0.125. The highest BCUT2D eigenvalue weighted by Crippen LogP contribution is 2.20. The highest BCUT2D eigenvalue weighted by molar-refractivity contribution is 6.04. The number of amides is 2. The molecule has 0 bridgehead atoms. The van der Waals surface area contributed by atoms with Crippen LogP contribution < -0.4 is 5.32 Å². The van der Waals surface area contributed by atoms with Gasteiger partial charge in [0, 0.05) is 39.8 Å². The minimum absolute atomic E-state index is 0.150. The fourth-order valence-corrected chi connectivity index (χ4v) is 3.01. The maximum Gasteiger partial charge on any atom is 0.255 e. The standard InChI is InChI=1S/C21H30N2O6/c1-22-20(26)18(10-5-11-24)23(2)21(27)19-16(7-4-8-17(19)15-25)9-6-12-29-14-13-28-3/h4,7-8,11,15,18H,5-6,9-10,12-14H2,1-3H3,(H,22,26). The molecule has 29 heavy (non-hydrogen) atoms. The molecule has 1 rings (SSSR count). The highest BCUT2D eigenvalue weighted by Gasteiger charge is 2.29. The molecule has 0 aromatic heterocycles. The Morgan fingerprint density at radius 3 is 2.59 bits per heavy atom. The van der Waals surface area contributed by atoms with Crippen molar-refractivity contribution in [3.8, 4) is 0 Å². The van der Waals surface area contributed by atoms with Crippen molar-refractivity contribution in [1.29, 1.82) is 0 Å². The van der Waals surface area contributed by atoms with Gasteiger partial charge < -0.3 is 24.5 Å². The van der Waals surface area contributed by atoms with Crippen molar-refractivity contribution in [1.82, 2.24) is 10.2 Å². The zero-order chi connectivity index (χ0) is 21.6. The van der Waals surface area contributed by atoms with Crippen LogP contribution in [0.2, 0.25) is 0 Å². The third-order valence-corrected chi connectivity index (χ3v) is 4.59. The lowest BCUT2D eigenvalue weighted by Crippen LogP contribution is -2.47. The van der Waals surface area contributed by atoms with Crippen LogP contribution in [0.1, 0.15) is 45.5 Å². The number of methoxy groups -OCH3 is 1. The molecular formula is C21H30N2O6. The lowest BCUT2D eigenvalue weighted by Gasteiger charge is -2.27. The van der Waals surface area contributed by atoms with Crippen molar-refractivity contribution in [3.63, 3.8) is 0 Å². The van der Waals surface area contributed by atoms with Gasteiger partial charge in [-0.05, 0) is 24.8 Å². The Labute approximate surface area is 171 Å². The van der Waals surface area contributed by atoms with Gasteiger partial charge in [0.15, 0.2) is 6.29 Å². The molecular weight excluding hydrogens is 376 g/mol. The zero-order valence-electron chi connectivity index (χ0n) is 17.3. The normalized spacial score (nSPS) is 11.6. The fourth-order valence-electron chi connectivity index (χ4n) is 3.01. The van der Waals surface area contributed by atoms with Gasteiger partial charge in [-0.2, -0.15) is 0 Å². The number of rotatable bonds is 14. The van der Waals surface area contributed by atoms with Crippen LogP contribution in [0.4, 0.5) is 0 Å². The van der Waals surface area contributed by atoms with Gasteiger partial charge >= 0.3 is 0 Å². The zero-order valence-corrected chi connectivity index (χ0v) is 17.3. The third kappa shape index (κ3) is 7.40. The summed E-state index contributed by atoms with van der Waals surface area (Å²) in [5.41, 5.74) is 1.26. The van der Waals surface area contributed by atoms with Crippen molar-refractivity contribution in [2.75, 3.05) is 41.0 Å². The number of nitrogens with one attached hydrogen (secondary N) is 1. The Morgan fingerprint density at radius 1 is 1.21 bits per heavy atom. The predicted octanol–water partition coefficient (Wildman–Crippen LogP) is 1.26. The van der Waals surface area contributed by atoms with Crippen LogP contribution in [-0.2, 0) is 25.5 Å². The number of carbonyl (C=O) groups is 4. The summed E-state index contributed by atoms with van der Waals surface area (Å²) >= 11 is 0. The van der Waals surface area contributed by atoms with Gasteiger partial charge in [-0.25, -0.2) is 0 Å². The van der Waals surface area contributed by atoms with Crippen LogP contribution in [0.15, 0.2) is 18.2 Å². The third-order valence-electron chi connectivity index (χ3n) is 4.59. The number of aryl methyl sites for hydroxylation is 1. The highest BCUT2D eigenvalue weighted by atomic mass is 16.5. The van der Waals surface area contributed by atoms with Crippen molar-refractivity contribution in [2.24, 2.45) is 0 Å². The van der Waals surface area contributed by atoms with E-state index < -0.39 is 11.9 Å². The van der Waals surface area contributed by atoms with E-state index in [1.807, 2.05) is 0 Å². The first-order valence-electron chi connectivity index (χ1n) is 9.57. The minimum atomic E-state index is -0.803. The lowest BCUT2D eigenvalue weighted by atomic mass is 9.96. The summed E-state index contributed by atoms with van der Waals surface area (Å²) in [5.74, 6) is -0.790. The molecule has 0 aliphatic carbocycles. The molecule has 1 unspecified atom stereocenters. The average molecular weight is 406 g/mol. The Bertz CT molecular complexity index is 692. The van der Waals surface area contributed by atoms with Crippen molar-refractivity contribution in [2.45, 2.75) is 31.7 Å². The van der Waals surface area contributed by atoms with Gasteiger partial charge in [-0.15, -0.1) is 0 Å². The van der Waals surface area contributed by atoms with Gasteiger partial charge in [0.25, 0.3) is 5.91 Å². The topological polar surface area (TPSA) is 102 Å². The molecule has 2 amide bonds. The smallest absolute Gasteiger partial charge is 0.255 e. The monoisotopic (exact) mass is 406 g/mol. The van der Waals surface area contributed by atoms with Gasteiger partial charge in [0.2, 0.25) is 5.91 Å². The molecule has 1 aromatic rings. The molecule has 1 N–H and O–H groups in total. The van der Waals surface area contributed by atoms with E-state index in [-0.39, 0.29) is 29.9 Å². The SMILES string of the molecule is CNC(=O)C(CCC=O)N(C)C(=O)c1c(C=O)cccc1CCCOCCOC. The van der Waals surface area contributed by atoms with E-state index in [4.69, 9.17) is 9.47 Å². The molecule has 0 spiro atoms. The molecule has 1 atom stereocenters. The number of benzene rings is 1. The van der Waals surface area contributed by atoms with E-state index in [2.05, 4.69) is 5.32 Å². The first-order chi connectivity index (χ1) is 14.0. The van der Waals surface area contributed by atoms with Crippen molar-refractivity contribution >= 4 is 24.4 Å². The molecule has 0 heterocycles. The summed E-state index contributed by atoms with van der Waals surface area (Å²) in [5, 5.41) is 2.52. The Hall–Kier alpha value is -2.58. The van der Waals surface area contributed by atoms with Crippen molar-refractivity contribution in [3.05, 3.63) is 34.9 Å².